The molecular formula is C39H60N8O11S. The first-order chi connectivity index (χ1) is 27.7. The number of nitrogens with one attached hydrogen (secondary N) is 7. The zero-order valence-electron chi connectivity index (χ0n) is 34.7. The number of fused-ring (bicyclic) bond motifs is 1. The van der Waals surface area contributed by atoms with Gasteiger partial charge in [0.25, 0.3) is 0 Å². The lowest BCUT2D eigenvalue weighted by molar-refractivity contribution is -0.142. The van der Waals surface area contributed by atoms with Gasteiger partial charge in [-0.2, -0.15) is 0 Å². The van der Waals surface area contributed by atoms with E-state index in [4.69, 9.17) is 0 Å². The van der Waals surface area contributed by atoms with Crippen LogP contribution in [0.15, 0.2) is 24.3 Å². The van der Waals surface area contributed by atoms with Crippen LogP contribution in [0.4, 0.5) is 0 Å². The third-order valence-corrected chi connectivity index (χ3v) is 11.3. The summed E-state index contributed by atoms with van der Waals surface area (Å²) in [6, 6.07) is -3.01. The highest BCUT2D eigenvalue weighted by molar-refractivity contribution is 7.84. The molecule has 2 aliphatic heterocycles. The third kappa shape index (κ3) is 14.0. The van der Waals surface area contributed by atoms with Gasteiger partial charge in [-0.3, -0.25) is 42.6 Å². The summed E-state index contributed by atoms with van der Waals surface area (Å²) in [6.45, 7) is 8.95. The smallest absolute Gasteiger partial charge is 0.246 e. The molecule has 1 aromatic rings. The molecule has 0 saturated carbocycles. The van der Waals surface area contributed by atoms with Crippen LogP contribution in [-0.2, 0) is 55.6 Å². The Hall–Kier alpha value is -5.11. The lowest BCUT2D eigenvalue weighted by Crippen LogP contribution is -2.62. The van der Waals surface area contributed by atoms with Crippen LogP contribution in [0.1, 0.15) is 72.8 Å². The number of aliphatic hydroxyl groups is 1. The van der Waals surface area contributed by atoms with E-state index in [9.17, 15) is 52.8 Å². The van der Waals surface area contributed by atoms with E-state index >= 15 is 0 Å². The van der Waals surface area contributed by atoms with Gasteiger partial charge in [0.1, 0.15) is 48.0 Å². The van der Waals surface area contributed by atoms with Crippen LogP contribution in [-0.4, -0.2) is 140 Å². The lowest BCUT2D eigenvalue weighted by atomic mass is 9.96. The second-order valence-corrected chi connectivity index (χ2v) is 17.1. The predicted octanol–water partition coefficient (Wildman–Crippen LogP) is -2.16. The van der Waals surface area contributed by atoms with Gasteiger partial charge in [-0.25, -0.2) is 0 Å². The van der Waals surface area contributed by atoms with Crippen LogP contribution in [0.5, 0.6) is 5.75 Å². The summed E-state index contributed by atoms with van der Waals surface area (Å²) in [5, 5.41) is 38.4. The second-order valence-electron chi connectivity index (χ2n) is 15.6. The summed E-state index contributed by atoms with van der Waals surface area (Å²) in [5.74, 6) is -7.15. The first-order valence-corrected chi connectivity index (χ1v) is 21.6. The molecule has 0 aromatic heterocycles. The van der Waals surface area contributed by atoms with Crippen molar-refractivity contribution < 1.29 is 52.8 Å². The summed E-state index contributed by atoms with van der Waals surface area (Å²) < 4.78 is 12.1. The minimum absolute atomic E-state index is 0.0260. The highest BCUT2D eigenvalue weighted by atomic mass is 32.2. The molecule has 0 spiro atoms. The second kappa shape index (κ2) is 22.3. The van der Waals surface area contributed by atoms with Gasteiger partial charge in [-0.15, -0.1) is 0 Å². The number of aliphatic hydroxyl groups excluding tert-OH is 1. The lowest BCUT2D eigenvalue weighted by Gasteiger charge is -2.31. The summed E-state index contributed by atoms with van der Waals surface area (Å²) in [6.07, 6.45) is 0.723. The van der Waals surface area contributed by atoms with Crippen LogP contribution in [0, 0.1) is 11.8 Å². The van der Waals surface area contributed by atoms with Crippen LogP contribution in [0.3, 0.4) is 0 Å². The van der Waals surface area contributed by atoms with Crippen LogP contribution >= 0.6 is 0 Å². The number of carbonyl (C=O) groups excluding carboxylic acids is 8. The fourth-order valence-corrected chi connectivity index (χ4v) is 7.27. The van der Waals surface area contributed by atoms with Gasteiger partial charge in [0.05, 0.1) is 12.6 Å². The van der Waals surface area contributed by atoms with E-state index in [1.54, 1.807) is 39.8 Å². The van der Waals surface area contributed by atoms with Gasteiger partial charge in [-0.1, -0.05) is 46.2 Å². The van der Waals surface area contributed by atoms with Crippen molar-refractivity contribution in [1.29, 1.82) is 0 Å². The molecule has 2 saturated heterocycles. The molecule has 3 rings (SSSR count). The Kier molecular flexibility index (Phi) is 18.3. The number of carbonyl (C=O) groups is 8. The molecule has 2 aliphatic rings. The van der Waals surface area contributed by atoms with Crippen molar-refractivity contribution >= 4 is 58.1 Å². The molecule has 20 heteroatoms. The quantitative estimate of drug-likeness (QED) is 0.129. The fraction of sp³-hybridized carbons (Fsp3) is 0.641. The van der Waals surface area contributed by atoms with Crippen molar-refractivity contribution in [3.8, 4) is 5.75 Å². The minimum atomic E-state index is -1.62. The average molecular weight is 849 g/mol. The molecule has 9 N–H and O–H groups in total. The number of nitrogens with zero attached hydrogens (tertiary/aromatic N) is 1. The number of benzene rings is 1. The molecule has 2 heterocycles. The number of hydrogen-bond donors (Lipinski definition) is 9. The van der Waals surface area contributed by atoms with Crippen molar-refractivity contribution in [2.24, 2.45) is 11.8 Å². The molecule has 0 radical (unpaired) electrons. The Morgan fingerprint density at radius 2 is 1.37 bits per heavy atom. The maximum Gasteiger partial charge on any atom is 0.246 e. The van der Waals surface area contributed by atoms with Crippen LogP contribution < -0.4 is 37.2 Å². The SMILES string of the molecule is CC[C@H](C)[C@@H]1NC(=O)[C@H](C)NC(=O)[C@@H]([C@H](C)O)NC(=O)[C@H](CC[S@@](C)=O)NC(=O)[C@@H]2CCCN2C(=O)[C@H](Cc2ccc(O)cc2)NC(=O)CNC(=O)[C@H](C(C)C)NC1=O. The van der Waals surface area contributed by atoms with E-state index in [1.807, 2.05) is 0 Å². The fourth-order valence-electron chi connectivity index (χ4n) is 6.70. The Morgan fingerprint density at radius 1 is 0.763 bits per heavy atom. The average Bonchev–Trinajstić information content (AvgIpc) is 3.68. The van der Waals surface area contributed by atoms with E-state index in [2.05, 4.69) is 37.2 Å². The minimum Gasteiger partial charge on any atom is -0.508 e. The van der Waals surface area contributed by atoms with Gasteiger partial charge >= 0.3 is 0 Å². The van der Waals surface area contributed by atoms with Crippen molar-refractivity contribution in [2.45, 2.75) is 122 Å². The molecule has 0 unspecified atom stereocenters. The number of hydrogen-bond acceptors (Lipinski definition) is 11. The number of rotatable bonds is 9. The normalized spacial score (nSPS) is 27.7. The topological polar surface area (TPSA) is 282 Å². The molecule has 10 atom stereocenters. The van der Waals surface area contributed by atoms with E-state index in [0.717, 1.165) is 0 Å². The maximum absolute atomic E-state index is 14.2. The van der Waals surface area contributed by atoms with Gasteiger partial charge in [0.2, 0.25) is 47.3 Å². The summed E-state index contributed by atoms with van der Waals surface area (Å²) in [4.78, 5) is 111. The molecule has 2 fully saturated rings. The molecule has 8 amide bonds. The Bertz CT molecular complexity index is 1730. The highest BCUT2D eigenvalue weighted by Crippen LogP contribution is 2.21. The monoisotopic (exact) mass is 848 g/mol. The van der Waals surface area contributed by atoms with Crippen LogP contribution in [0.25, 0.3) is 0 Å². The van der Waals surface area contributed by atoms with Crippen molar-refractivity contribution in [3.63, 3.8) is 0 Å². The number of aromatic hydroxyl groups is 1. The van der Waals surface area contributed by atoms with Crippen LogP contribution in [0.2, 0.25) is 0 Å². The van der Waals surface area contributed by atoms with Gasteiger partial charge < -0.3 is 52.3 Å². The zero-order chi connectivity index (χ0) is 44.1. The summed E-state index contributed by atoms with van der Waals surface area (Å²) in [5.41, 5.74) is 0.555. The largest absolute Gasteiger partial charge is 0.508 e. The van der Waals surface area contributed by atoms with Crippen molar-refractivity contribution in [2.75, 3.05) is 25.1 Å². The molecule has 19 nitrogen and oxygen atoms in total. The Morgan fingerprint density at radius 3 is 1.97 bits per heavy atom. The molecular weight excluding hydrogens is 789 g/mol. The standard InChI is InChI=1S/C39H60N8O11S/c1-8-21(4)31-37(55)44-30(20(2)3)36(54)40-19-29(50)42-27(18-24-11-13-25(49)14-12-24)39(57)47-16-9-10-28(47)35(53)43-26(15-17-59(7)58)34(52)46-32(23(6)48)38(56)41-22(5)33(51)45-31/h11-14,20-23,26-28,30-32,48-49H,8-10,15-19H2,1-7H3,(H,40,54)(H,41,56)(H,42,50)(H,43,53)(H,44,55)(H,45,51)(H,46,52)/t21-,22-,23-,26-,27-,28-,30-,31-,32+,59+/m0/s1. The van der Waals surface area contributed by atoms with Crippen molar-refractivity contribution in [1.82, 2.24) is 42.1 Å². The van der Waals surface area contributed by atoms with Gasteiger partial charge in [-0.05, 0) is 62.6 Å². The van der Waals surface area contributed by atoms with Crippen molar-refractivity contribution in [3.05, 3.63) is 29.8 Å². The van der Waals surface area contributed by atoms with E-state index in [1.165, 1.54) is 37.1 Å². The molecule has 0 bridgehead atoms. The third-order valence-electron chi connectivity index (χ3n) is 10.5. The number of amides is 8. The molecule has 59 heavy (non-hydrogen) atoms. The maximum atomic E-state index is 14.2. The van der Waals surface area contributed by atoms with E-state index in [0.29, 0.717) is 18.4 Å². The molecule has 1 aromatic carbocycles. The first-order valence-electron chi connectivity index (χ1n) is 19.9. The van der Waals surface area contributed by atoms with E-state index in [-0.39, 0.29) is 37.3 Å². The summed E-state index contributed by atoms with van der Waals surface area (Å²) >= 11 is 0. The first kappa shape index (κ1) is 48.3. The van der Waals surface area contributed by atoms with Gasteiger partial charge in [0, 0.05) is 35.8 Å². The highest BCUT2D eigenvalue weighted by Gasteiger charge is 2.40. The molecule has 0 aliphatic carbocycles. The summed E-state index contributed by atoms with van der Waals surface area (Å²) in [7, 11) is -1.41. The van der Waals surface area contributed by atoms with Gasteiger partial charge in [0.15, 0.2) is 0 Å². The Labute approximate surface area is 346 Å². The molecule has 328 valence electrons. The predicted molar refractivity (Wildman–Crippen MR) is 216 cm³/mol. The number of phenols is 1. The zero-order valence-corrected chi connectivity index (χ0v) is 35.5. The number of phenolic OH excluding ortho intramolecular Hbond substituents is 1. The Balaban J connectivity index is 2.06. The van der Waals surface area contributed by atoms with E-state index < -0.39 is 125 Å².